The average molecular weight is 229 g/mol. The van der Waals surface area contributed by atoms with Gasteiger partial charge >= 0.3 is 12.1 Å². The van der Waals surface area contributed by atoms with Crippen LogP contribution in [0.3, 0.4) is 0 Å². The number of alkyl carbamates (subject to hydrolysis) is 1. The van der Waals surface area contributed by atoms with Crippen LogP contribution in [0.25, 0.3) is 0 Å². The summed E-state index contributed by atoms with van der Waals surface area (Å²) in [4.78, 5) is 21.8. The molecule has 0 bridgehead atoms. The summed E-state index contributed by atoms with van der Waals surface area (Å²) >= 11 is 0. The second-order valence-electron chi connectivity index (χ2n) is 5.26. The van der Waals surface area contributed by atoms with Crippen molar-refractivity contribution in [3.8, 4) is 0 Å². The number of nitrogens with one attached hydrogen (secondary N) is 1. The van der Waals surface area contributed by atoms with Gasteiger partial charge in [0.05, 0.1) is 5.92 Å². The SMILES string of the molecule is CC(C)(C)OC(=O)NC[C@H]1C[C@@H](C(=O)O)C1. The Labute approximate surface area is 95.2 Å². The Balaban J connectivity index is 2.13. The van der Waals surface area contributed by atoms with E-state index in [4.69, 9.17) is 9.84 Å². The highest BCUT2D eigenvalue weighted by Gasteiger charge is 2.34. The van der Waals surface area contributed by atoms with Crippen molar-refractivity contribution in [2.24, 2.45) is 11.8 Å². The average Bonchev–Trinajstić information content (AvgIpc) is 1.96. The predicted molar refractivity (Wildman–Crippen MR) is 58.1 cm³/mol. The molecule has 0 aliphatic heterocycles. The number of carboxylic acid groups (broad SMARTS) is 1. The van der Waals surface area contributed by atoms with Crippen molar-refractivity contribution >= 4 is 12.1 Å². The third-order valence-corrected chi connectivity index (χ3v) is 2.52. The molecule has 0 spiro atoms. The molecule has 0 unspecified atom stereocenters. The number of rotatable bonds is 3. The molecule has 1 aliphatic rings. The zero-order valence-electron chi connectivity index (χ0n) is 9.95. The monoisotopic (exact) mass is 229 g/mol. The van der Waals surface area contributed by atoms with Crippen molar-refractivity contribution in [2.45, 2.75) is 39.2 Å². The Kier molecular flexibility index (Phi) is 3.78. The Morgan fingerprint density at radius 3 is 2.38 bits per heavy atom. The maximum atomic E-state index is 11.3. The number of carbonyl (C=O) groups is 2. The van der Waals surface area contributed by atoms with E-state index in [1.807, 2.05) is 0 Å². The smallest absolute Gasteiger partial charge is 0.407 e. The third-order valence-electron chi connectivity index (χ3n) is 2.52. The molecule has 0 saturated heterocycles. The first kappa shape index (κ1) is 12.8. The van der Waals surface area contributed by atoms with Crippen LogP contribution in [0.15, 0.2) is 0 Å². The molecule has 0 aromatic heterocycles. The van der Waals surface area contributed by atoms with Gasteiger partial charge in [0, 0.05) is 6.54 Å². The van der Waals surface area contributed by atoms with E-state index in [0.717, 1.165) is 0 Å². The topological polar surface area (TPSA) is 75.6 Å². The van der Waals surface area contributed by atoms with Gasteiger partial charge < -0.3 is 15.2 Å². The Bertz CT molecular complexity index is 276. The molecule has 5 nitrogen and oxygen atoms in total. The van der Waals surface area contributed by atoms with Crippen LogP contribution in [0, 0.1) is 11.8 Å². The normalized spacial score (nSPS) is 24.4. The molecule has 1 aliphatic carbocycles. The molecule has 0 aromatic rings. The first-order chi connectivity index (χ1) is 7.28. The summed E-state index contributed by atoms with van der Waals surface area (Å²) in [6.45, 7) is 5.90. The molecule has 2 N–H and O–H groups in total. The number of amides is 1. The van der Waals surface area contributed by atoms with Gasteiger partial charge in [0.25, 0.3) is 0 Å². The second-order valence-corrected chi connectivity index (χ2v) is 5.26. The van der Waals surface area contributed by atoms with Crippen LogP contribution < -0.4 is 5.32 Å². The Morgan fingerprint density at radius 2 is 1.94 bits per heavy atom. The number of carbonyl (C=O) groups excluding carboxylic acids is 1. The van der Waals surface area contributed by atoms with Crippen molar-refractivity contribution in [1.29, 1.82) is 0 Å². The number of hydrogen-bond acceptors (Lipinski definition) is 3. The maximum absolute atomic E-state index is 11.3. The van der Waals surface area contributed by atoms with Gasteiger partial charge in [-0.2, -0.15) is 0 Å². The highest BCUT2D eigenvalue weighted by Crippen LogP contribution is 2.33. The van der Waals surface area contributed by atoms with Crippen molar-refractivity contribution in [1.82, 2.24) is 5.32 Å². The molecule has 1 fully saturated rings. The minimum atomic E-state index is -0.742. The third kappa shape index (κ3) is 4.08. The van der Waals surface area contributed by atoms with E-state index in [1.165, 1.54) is 0 Å². The lowest BCUT2D eigenvalue weighted by atomic mass is 9.75. The minimum absolute atomic E-state index is 0.231. The fraction of sp³-hybridized carbons (Fsp3) is 0.818. The molecule has 0 atom stereocenters. The lowest BCUT2D eigenvalue weighted by Gasteiger charge is -2.32. The van der Waals surface area contributed by atoms with Crippen molar-refractivity contribution in [3.05, 3.63) is 0 Å². The van der Waals surface area contributed by atoms with Crippen LogP contribution in [0.2, 0.25) is 0 Å². The van der Waals surface area contributed by atoms with E-state index >= 15 is 0 Å². The van der Waals surface area contributed by atoms with E-state index in [9.17, 15) is 9.59 Å². The fourth-order valence-corrected chi connectivity index (χ4v) is 1.65. The van der Waals surface area contributed by atoms with E-state index in [1.54, 1.807) is 20.8 Å². The Hall–Kier alpha value is -1.26. The van der Waals surface area contributed by atoms with E-state index in [0.29, 0.717) is 19.4 Å². The number of carboxylic acids is 1. The molecular weight excluding hydrogens is 210 g/mol. The van der Waals surface area contributed by atoms with Gasteiger partial charge in [-0.1, -0.05) is 0 Å². The van der Waals surface area contributed by atoms with Crippen LogP contribution in [-0.4, -0.2) is 29.3 Å². The molecule has 0 radical (unpaired) electrons. The first-order valence-electron chi connectivity index (χ1n) is 5.47. The fourth-order valence-electron chi connectivity index (χ4n) is 1.65. The number of hydrogen-bond donors (Lipinski definition) is 2. The van der Waals surface area contributed by atoms with Gasteiger partial charge in [0.15, 0.2) is 0 Å². The lowest BCUT2D eigenvalue weighted by molar-refractivity contribution is -0.146. The quantitative estimate of drug-likeness (QED) is 0.771. The van der Waals surface area contributed by atoms with Crippen LogP contribution in [0.4, 0.5) is 4.79 Å². The molecule has 1 rings (SSSR count). The van der Waals surface area contributed by atoms with Gasteiger partial charge in [-0.15, -0.1) is 0 Å². The van der Waals surface area contributed by atoms with Gasteiger partial charge in [-0.3, -0.25) is 4.79 Å². The Morgan fingerprint density at radius 1 is 1.38 bits per heavy atom. The summed E-state index contributed by atoms with van der Waals surface area (Å²) in [7, 11) is 0. The summed E-state index contributed by atoms with van der Waals surface area (Å²) in [6.07, 6.45) is 0.849. The van der Waals surface area contributed by atoms with Crippen molar-refractivity contribution in [3.63, 3.8) is 0 Å². The summed E-state index contributed by atoms with van der Waals surface area (Å²) in [5.74, 6) is -0.701. The van der Waals surface area contributed by atoms with Crippen LogP contribution in [-0.2, 0) is 9.53 Å². The van der Waals surface area contributed by atoms with Crippen LogP contribution in [0.5, 0.6) is 0 Å². The van der Waals surface area contributed by atoms with Gasteiger partial charge in [-0.05, 0) is 39.5 Å². The molecule has 0 aromatic carbocycles. The highest BCUT2D eigenvalue weighted by atomic mass is 16.6. The van der Waals surface area contributed by atoms with Gasteiger partial charge in [-0.25, -0.2) is 4.79 Å². The molecule has 92 valence electrons. The molecule has 0 heterocycles. The van der Waals surface area contributed by atoms with Crippen LogP contribution in [0.1, 0.15) is 33.6 Å². The largest absolute Gasteiger partial charge is 0.481 e. The molecule has 5 heteroatoms. The van der Waals surface area contributed by atoms with Gasteiger partial charge in [0.2, 0.25) is 0 Å². The summed E-state index contributed by atoms with van der Waals surface area (Å²) in [5.41, 5.74) is -0.493. The maximum Gasteiger partial charge on any atom is 0.407 e. The zero-order valence-corrected chi connectivity index (χ0v) is 9.95. The van der Waals surface area contributed by atoms with Crippen molar-refractivity contribution < 1.29 is 19.4 Å². The van der Waals surface area contributed by atoms with Crippen molar-refractivity contribution in [2.75, 3.05) is 6.54 Å². The highest BCUT2D eigenvalue weighted by molar-refractivity contribution is 5.71. The standard InChI is InChI=1S/C11H19NO4/c1-11(2,3)16-10(15)12-6-7-4-8(5-7)9(13)14/h7-8H,4-6H2,1-3H3,(H,12,15)(H,13,14)/t7-,8+. The molecular formula is C11H19NO4. The summed E-state index contributed by atoms with van der Waals surface area (Å²) < 4.78 is 5.06. The van der Waals surface area contributed by atoms with Gasteiger partial charge in [0.1, 0.15) is 5.60 Å². The molecule has 1 saturated carbocycles. The lowest BCUT2D eigenvalue weighted by Crippen LogP contribution is -2.40. The number of aliphatic carboxylic acids is 1. The van der Waals surface area contributed by atoms with Crippen LogP contribution >= 0.6 is 0 Å². The van der Waals surface area contributed by atoms with E-state index in [2.05, 4.69) is 5.32 Å². The zero-order chi connectivity index (χ0) is 12.3. The molecule has 16 heavy (non-hydrogen) atoms. The molecule has 1 amide bonds. The summed E-state index contributed by atoms with van der Waals surface area (Å²) in [6, 6.07) is 0. The first-order valence-corrected chi connectivity index (χ1v) is 5.47. The minimum Gasteiger partial charge on any atom is -0.481 e. The second kappa shape index (κ2) is 4.72. The van der Waals surface area contributed by atoms with E-state index in [-0.39, 0.29) is 11.8 Å². The van der Waals surface area contributed by atoms with E-state index < -0.39 is 17.7 Å². The predicted octanol–water partition coefficient (Wildman–Crippen LogP) is 1.62. The summed E-state index contributed by atoms with van der Waals surface area (Å²) in [5, 5.41) is 11.3. The number of ether oxygens (including phenoxy) is 1.